The van der Waals surface area contributed by atoms with E-state index in [1.54, 1.807) is 13.8 Å². The normalized spacial score (nSPS) is 16.3. The predicted octanol–water partition coefficient (Wildman–Crippen LogP) is 1.91. The Labute approximate surface area is 61.3 Å². The first-order chi connectivity index (χ1) is 4.61. The van der Waals surface area contributed by atoms with Gasteiger partial charge in [-0.2, -0.15) is 0 Å². The van der Waals surface area contributed by atoms with Gasteiger partial charge in [-0.1, -0.05) is 30.3 Å². The lowest BCUT2D eigenvalue weighted by Gasteiger charge is -2.16. The summed E-state index contributed by atoms with van der Waals surface area (Å²) in [4.78, 5) is 0. The number of hydrogen-bond acceptors (Lipinski definition) is 1. The van der Waals surface area contributed by atoms with Crippen LogP contribution in [0.5, 0.6) is 0 Å². The molecule has 0 amide bonds. The zero-order valence-electron chi connectivity index (χ0n) is 6.33. The van der Waals surface area contributed by atoms with Crippen LogP contribution in [-0.4, -0.2) is 5.11 Å². The highest BCUT2D eigenvalue weighted by atomic mass is 16.3. The van der Waals surface area contributed by atoms with Crippen molar-refractivity contribution < 1.29 is 5.11 Å². The molecule has 0 heterocycles. The molecule has 1 rings (SSSR count). The SMILES string of the molecule is C[C@@]([13CH3])(O)c1ccccc1. The second kappa shape index (κ2) is 2.43. The van der Waals surface area contributed by atoms with Crippen molar-refractivity contribution in [3.63, 3.8) is 0 Å². The van der Waals surface area contributed by atoms with Crippen LogP contribution in [-0.2, 0) is 5.60 Å². The molecule has 0 bridgehead atoms. The molecule has 0 saturated heterocycles. The van der Waals surface area contributed by atoms with Gasteiger partial charge in [0.05, 0.1) is 5.60 Å². The average molecular weight is 137 g/mol. The Hall–Kier alpha value is -0.820. The maximum atomic E-state index is 9.49. The van der Waals surface area contributed by atoms with E-state index in [1.807, 2.05) is 30.3 Å². The van der Waals surface area contributed by atoms with Crippen LogP contribution < -0.4 is 0 Å². The van der Waals surface area contributed by atoms with E-state index >= 15 is 0 Å². The summed E-state index contributed by atoms with van der Waals surface area (Å²) >= 11 is 0. The van der Waals surface area contributed by atoms with Crippen molar-refractivity contribution in [3.05, 3.63) is 35.9 Å². The van der Waals surface area contributed by atoms with Crippen molar-refractivity contribution in [2.45, 2.75) is 19.4 Å². The summed E-state index contributed by atoms with van der Waals surface area (Å²) in [5.41, 5.74) is 0.247. The molecule has 0 spiro atoms. The summed E-state index contributed by atoms with van der Waals surface area (Å²) in [5, 5.41) is 9.49. The molecule has 0 aliphatic rings. The Balaban J connectivity index is 2.97. The minimum Gasteiger partial charge on any atom is -0.386 e. The van der Waals surface area contributed by atoms with Crippen LogP contribution in [0.1, 0.15) is 19.4 Å². The summed E-state index contributed by atoms with van der Waals surface area (Å²) < 4.78 is 0. The van der Waals surface area contributed by atoms with E-state index in [-0.39, 0.29) is 0 Å². The van der Waals surface area contributed by atoms with Gasteiger partial charge in [0.2, 0.25) is 0 Å². The lowest BCUT2D eigenvalue weighted by molar-refractivity contribution is 0.0786. The Morgan fingerprint density at radius 2 is 1.60 bits per heavy atom. The van der Waals surface area contributed by atoms with Crippen molar-refractivity contribution in [1.29, 1.82) is 0 Å². The molecule has 1 nitrogen and oxygen atoms in total. The molecule has 0 unspecified atom stereocenters. The molecule has 0 aliphatic heterocycles. The number of aliphatic hydroxyl groups is 1. The van der Waals surface area contributed by atoms with Crippen LogP contribution in [0.3, 0.4) is 0 Å². The van der Waals surface area contributed by atoms with Crippen molar-refractivity contribution in [3.8, 4) is 0 Å². The van der Waals surface area contributed by atoms with Crippen molar-refractivity contribution >= 4 is 0 Å². The van der Waals surface area contributed by atoms with Gasteiger partial charge in [0.1, 0.15) is 0 Å². The molecule has 10 heavy (non-hydrogen) atoms. The summed E-state index contributed by atoms with van der Waals surface area (Å²) in [6.07, 6.45) is 0. The van der Waals surface area contributed by atoms with Crippen LogP contribution in [0.15, 0.2) is 30.3 Å². The van der Waals surface area contributed by atoms with Crippen molar-refractivity contribution in [2.75, 3.05) is 0 Å². The first kappa shape index (κ1) is 7.29. The lowest BCUT2D eigenvalue weighted by Crippen LogP contribution is -2.14. The molecule has 1 heteroatoms. The van der Waals surface area contributed by atoms with Gasteiger partial charge in [-0.25, -0.2) is 0 Å². The Bertz CT molecular complexity index is 196. The van der Waals surface area contributed by atoms with Gasteiger partial charge in [-0.3, -0.25) is 0 Å². The predicted molar refractivity (Wildman–Crippen MR) is 41.7 cm³/mol. The summed E-state index contributed by atoms with van der Waals surface area (Å²) in [6.45, 7) is 3.56. The third-order valence-electron chi connectivity index (χ3n) is 1.48. The van der Waals surface area contributed by atoms with Crippen LogP contribution >= 0.6 is 0 Å². The topological polar surface area (TPSA) is 20.2 Å². The summed E-state index contributed by atoms with van der Waals surface area (Å²) in [6, 6.07) is 9.62. The molecule has 0 saturated carbocycles. The first-order valence-electron chi connectivity index (χ1n) is 3.38. The fourth-order valence-corrected chi connectivity index (χ4v) is 0.846. The standard InChI is InChI=1S/C9H12O/c1-9(2,10)8-6-4-3-5-7-8/h3-7,10H,1-2H3/i1+1/t9-/m1/s1. The molecule has 54 valence electrons. The quantitative estimate of drug-likeness (QED) is 0.586. The zero-order chi connectivity index (χ0) is 7.61. The maximum absolute atomic E-state index is 9.49. The second-order valence-corrected chi connectivity index (χ2v) is 2.93. The van der Waals surface area contributed by atoms with E-state index in [1.165, 1.54) is 0 Å². The Morgan fingerprint density at radius 1 is 1.10 bits per heavy atom. The van der Waals surface area contributed by atoms with Gasteiger partial charge in [-0.05, 0) is 19.4 Å². The van der Waals surface area contributed by atoms with Gasteiger partial charge >= 0.3 is 0 Å². The van der Waals surface area contributed by atoms with Crippen LogP contribution in [0.25, 0.3) is 0 Å². The van der Waals surface area contributed by atoms with E-state index < -0.39 is 5.60 Å². The van der Waals surface area contributed by atoms with E-state index in [0.717, 1.165) is 5.56 Å². The van der Waals surface area contributed by atoms with E-state index in [2.05, 4.69) is 0 Å². The molecular formula is C9H12O. The van der Waals surface area contributed by atoms with Crippen LogP contribution in [0.2, 0.25) is 0 Å². The van der Waals surface area contributed by atoms with E-state index in [0.29, 0.717) is 0 Å². The molecular weight excluding hydrogens is 125 g/mol. The van der Waals surface area contributed by atoms with Gasteiger partial charge in [0, 0.05) is 0 Å². The summed E-state index contributed by atoms with van der Waals surface area (Å²) in [7, 11) is 0. The molecule has 0 aliphatic carbocycles. The van der Waals surface area contributed by atoms with Crippen LogP contribution in [0.4, 0.5) is 0 Å². The summed E-state index contributed by atoms with van der Waals surface area (Å²) in [5.74, 6) is 0. The fraction of sp³-hybridized carbons (Fsp3) is 0.333. The highest BCUT2D eigenvalue weighted by Gasteiger charge is 2.13. The number of rotatable bonds is 1. The molecule has 1 atom stereocenters. The smallest absolute Gasteiger partial charge is 0.0840 e. The average Bonchev–Trinajstić information content (AvgIpc) is 1.88. The van der Waals surface area contributed by atoms with Crippen molar-refractivity contribution in [1.82, 2.24) is 0 Å². The lowest BCUT2D eigenvalue weighted by atomic mass is 10.0. The molecule has 0 radical (unpaired) electrons. The van der Waals surface area contributed by atoms with E-state index in [9.17, 15) is 5.11 Å². The maximum Gasteiger partial charge on any atom is 0.0840 e. The minimum atomic E-state index is -0.707. The third kappa shape index (κ3) is 1.58. The zero-order valence-corrected chi connectivity index (χ0v) is 6.33. The number of hydrogen-bond donors (Lipinski definition) is 1. The number of benzene rings is 1. The highest BCUT2D eigenvalue weighted by molar-refractivity contribution is 5.20. The van der Waals surface area contributed by atoms with Gasteiger partial charge in [-0.15, -0.1) is 0 Å². The minimum absolute atomic E-state index is 0.707. The molecule has 0 aromatic heterocycles. The largest absolute Gasteiger partial charge is 0.386 e. The first-order valence-corrected chi connectivity index (χ1v) is 3.38. The Morgan fingerprint density at radius 3 is 1.90 bits per heavy atom. The van der Waals surface area contributed by atoms with Gasteiger partial charge in [0.25, 0.3) is 0 Å². The third-order valence-corrected chi connectivity index (χ3v) is 1.48. The van der Waals surface area contributed by atoms with Gasteiger partial charge in [0.15, 0.2) is 0 Å². The van der Waals surface area contributed by atoms with Crippen molar-refractivity contribution in [2.24, 2.45) is 0 Å². The van der Waals surface area contributed by atoms with E-state index in [4.69, 9.17) is 0 Å². The van der Waals surface area contributed by atoms with Crippen LogP contribution in [0, 0.1) is 0 Å². The monoisotopic (exact) mass is 137 g/mol. The fourth-order valence-electron chi connectivity index (χ4n) is 0.846. The molecule has 0 fully saturated rings. The molecule has 1 aromatic rings. The molecule has 1 aromatic carbocycles. The Kier molecular flexibility index (Phi) is 1.77. The second-order valence-electron chi connectivity index (χ2n) is 2.93. The molecule has 1 N–H and O–H groups in total. The highest BCUT2D eigenvalue weighted by Crippen LogP contribution is 2.17. The van der Waals surface area contributed by atoms with Gasteiger partial charge < -0.3 is 5.11 Å².